The summed E-state index contributed by atoms with van der Waals surface area (Å²) in [7, 11) is 0. The monoisotopic (exact) mass is 273 g/mol. The van der Waals surface area contributed by atoms with Gasteiger partial charge in [0.25, 0.3) is 0 Å². The van der Waals surface area contributed by atoms with Crippen molar-refractivity contribution in [2.45, 2.75) is 25.5 Å². The maximum atomic E-state index is 10.3. The van der Waals surface area contributed by atoms with Crippen molar-refractivity contribution in [1.82, 2.24) is 9.80 Å². The highest BCUT2D eigenvalue weighted by Crippen LogP contribution is 2.17. The molecule has 4 nitrogen and oxygen atoms in total. The van der Waals surface area contributed by atoms with E-state index in [1.54, 1.807) is 0 Å². The summed E-state index contributed by atoms with van der Waals surface area (Å²) in [5.74, 6) is 0. The maximum Gasteiger partial charge on any atom is 0.0917 e. The summed E-state index contributed by atoms with van der Waals surface area (Å²) in [4.78, 5) is 4.67. The number of aliphatic hydroxyl groups excluding tert-OH is 1. The van der Waals surface area contributed by atoms with Crippen molar-refractivity contribution in [2.75, 3.05) is 32.7 Å². The van der Waals surface area contributed by atoms with Crippen LogP contribution in [0.3, 0.4) is 0 Å². The highest BCUT2D eigenvalue weighted by molar-refractivity contribution is 5.17. The minimum absolute atomic E-state index is 0.417. The molecule has 0 aromatic heterocycles. The number of rotatable bonds is 5. The molecule has 1 heterocycles. The minimum atomic E-state index is -0.427. The third kappa shape index (κ3) is 4.04. The minimum Gasteiger partial charge on any atom is -0.387 e. The molecule has 2 rings (SSSR count). The average Bonchev–Trinajstić information content (AvgIpc) is 2.48. The summed E-state index contributed by atoms with van der Waals surface area (Å²) in [6.07, 6.45) is 0.170. The smallest absolute Gasteiger partial charge is 0.0917 e. The summed E-state index contributed by atoms with van der Waals surface area (Å²) < 4.78 is 0. The predicted molar refractivity (Wildman–Crippen MR) is 79.1 cm³/mol. The van der Waals surface area contributed by atoms with Crippen molar-refractivity contribution in [2.24, 2.45) is 0 Å². The van der Waals surface area contributed by atoms with Gasteiger partial charge in [-0.1, -0.05) is 30.3 Å². The van der Waals surface area contributed by atoms with Gasteiger partial charge in [-0.05, 0) is 12.5 Å². The molecule has 0 saturated carbocycles. The Balaban J connectivity index is 1.84. The Bertz CT molecular complexity index is 443. The fourth-order valence-corrected chi connectivity index (χ4v) is 2.76. The van der Waals surface area contributed by atoms with Crippen LogP contribution in [0.2, 0.25) is 0 Å². The Morgan fingerprint density at radius 1 is 1.35 bits per heavy atom. The second kappa shape index (κ2) is 7.39. The third-order valence-corrected chi connectivity index (χ3v) is 3.98. The molecule has 20 heavy (non-hydrogen) atoms. The second-order valence-electron chi connectivity index (χ2n) is 5.48. The topological polar surface area (TPSA) is 50.5 Å². The highest BCUT2D eigenvalue weighted by atomic mass is 16.3. The molecule has 0 aliphatic carbocycles. The van der Waals surface area contributed by atoms with Gasteiger partial charge in [0.05, 0.1) is 12.2 Å². The van der Waals surface area contributed by atoms with E-state index in [0.29, 0.717) is 19.0 Å². The molecule has 1 fully saturated rings. The van der Waals surface area contributed by atoms with Gasteiger partial charge in [0.15, 0.2) is 0 Å². The summed E-state index contributed by atoms with van der Waals surface area (Å²) in [5.41, 5.74) is 0.978. The van der Waals surface area contributed by atoms with Crippen molar-refractivity contribution in [3.63, 3.8) is 0 Å². The number of aliphatic hydroxyl groups is 1. The van der Waals surface area contributed by atoms with Gasteiger partial charge >= 0.3 is 0 Å². The van der Waals surface area contributed by atoms with Crippen molar-refractivity contribution in [3.8, 4) is 6.07 Å². The van der Waals surface area contributed by atoms with Crippen LogP contribution in [-0.2, 0) is 0 Å². The van der Waals surface area contributed by atoms with Crippen LogP contribution in [0.25, 0.3) is 0 Å². The maximum absolute atomic E-state index is 10.3. The Kier molecular flexibility index (Phi) is 5.54. The van der Waals surface area contributed by atoms with E-state index in [0.717, 1.165) is 31.7 Å². The number of β-amino-alcohol motifs (C(OH)–C–C–N with tert-alkyl or cyclic N) is 1. The predicted octanol–water partition coefficient (Wildman–Crippen LogP) is 1.64. The number of benzene rings is 1. The van der Waals surface area contributed by atoms with Gasteiger partial charge in [0, 0.05) is 45.2 Å². The van der Waals surface area contributed by atoms with E-state index in [-0.39, 0.29) is 0 Å². The zero-order valence-corrected chi connectivity index (χ0v) is 12.1. The fourth-order valence-electron chi connectivity index (χ4n) is 2.76. The van der Waals surface area contributed by atoms with Crippen LogP contribution in [0.15, 0.2) is 30.3 Å². The van der Waals surface area contributed by atoms with Crippen molar-refractivity contribution in [1.29, 1.82) is 5.26 Å². The van der Waals surface area contributed by atoms with Crippen LogP contribution < -0.4 is 0 Å². The molecule has 0 spiro atoms. The van der Waals surface area contributed by atoms with Crippen LogP contribution in [0.5, 0.6) is 0 Å². The fraction of sp³-hybridized carbons (Fsp3) is 0.562. The first-order valence-corrected chi connectivity index (χ1v) is 7.27. The molecule has 1 aromatic rings. The lowest BCUT2D eigenvalue weighted by atomic mass is 10.1. The highest BCUT2D eigenvalue weighted by Gasteiger charge is 2.25. The van der Waals surface area contributed by atoms with Gasteiger partial charge < -0.3 is 5.11 Å². The molecule has 1 aliphatic heterocycles. The number of nitriles is 1. The first-order valence-electron chi connectivity index (χ1n) is 7.27. The summed E-state index contributed by atoms with van der Waals surface area (Å²) in [6, 6.07) is 12.4. The molecule has 1 saturated heterocycles. The van der Waals surface area contributed by atoms with Gasteiger partial charge in [-0.25, -0.2) is 0 Å². The van der Waals surface area contributed by atoms with Gasteiger partial charge in [-0.2, -0.15) is 5.26 Å². The molecule has 1 N–H and O–H groups in total. The molecule has 108 valence electrons. The number of hydrogen-bond donors (Lipinski definition) is 1. The largest absolute Gasteiger partial charge is 0.387 e. The lowest BCUT2D eigenvalue weighted by Crippen LogP contribution is -2.52. The van der Waals surface area contributed by atoms with Crippen LogP contribution in [0, 0.1) is 11.3 Å². The van der Waals surface area contributed by atoms with Gasteiger partial charge in [0.2, 0.25) is 0 Å². The molecule has 2 atom stereocenters. The van der Waals surface area contributed by atoms with Crippen molar-refractivity contribution in [3.05, 3.63) is 35.9 Å². The first-order chi connectivity index (χ1) is 9.70. The van der Waals surface area contributed by atoms with Gasteiger partial charge in [-0.15, -0.1) is 0 Å². The quantitative estimate of drug-likeness (QED) is 0.886. The van der Waals surface area contributed by atoms with E-state index in [1.165, 1.54) is 0 Å². The molecule has 0 radical (unpaired) electrons. The standard InChI is InChI=1S/C16H23N3O/c1-14-12-18(9-5-8-17)10-11-19(14)13-16(20)15-6-3-2-4-7-15/h2-4,6-7,14,16,20H,5,9-13H2,1H3/t14-,16+/m0/s1. The van der Waals surface area contributed by atoms with Crippen LogP contribution in [0.4, 0.5) is 0 Å². The zero-order chi connectivity index (χ0) is 14.4. The van der Waals surface area contributed by atoms with E-state index >= 15 is 0 Å². The second-order valence-corrected chi connectivity index (χ2v) is 5.48. The molecular weight excluding hydrogens is 250 g/mol. The number of piperazine rings is 1. The number of nitrogens with zero attached hydrogens (tertiary/aromatic N) is 3. The van der Waals surface area contributed by atoms with Gasteiger partial charge in [-0.3, -0.25) is 9.80 Å². The average molecular weight is 273 g/mol. The zero-order valence-electron chi connectivity index (χ0n) is 12.1. The van der Waals surface area contributed by atoms with E-state index in [4.69, 9.17) is 5.26 Å². The Morgan fingerprint density at radius 3 is 2.75 bits per heavy atom. The van der Waals surface area contributed by atoms with E-state index in [2.05, 4.69) is 22.8 Å². The first kappa shape index (κ1) is 15.0. The van der Waals surface area contributed by atoms with Crippen LogP contribution >= 0.6 is 0 Å². The van der Waals surface area contributed by atoms with E-state index in [1.807, 2.05) is 30.3 Å². The summed E-state index contributed by atoms with van der Waals surface area (Å²) in [5, 5.41) is 18.9. The molecule has 1 aromatic carbocycles. The third-order valence-electron chi connectivity index (χ3n) is 3.98. The molecule has 0 bridgehead atoms. The van der Waals surface area contributed by atoms with Crippen LogP contribution in [-0.4, -0.2) is 53.7 Å². The van der Waals surface area contributed by atoms with E-state index < -0.39 is 6.10 Å². The van der Waals surface area contributed by atoms with Crippen molar-refractivity contribution >= 4 is 0 Å². The molecule has 1 aliphatic rings. The molecule has 0 unspecified atom stereocenters. The lowest BCUT2D eigenvalue weighted by Gasteiger charge is -2.40. The van der Waals surface area contributed by atoms with Crippen LogP contribution in [0.1, 0.15) is 25.0 Å². The van der Waals surface area contributed by atoms with Gasteiger partial charge in [0.1, 0.15) is 0 Å². The molecule has 4 heteroatoms. The Labute approximate surface area is 121 Å². The summed E-state index contributed by atoms with van der Waals surface area (Å²) in [6.45, 7) is 6.64. The van der Waals surface area contributed by atoms with Crippen molar-refractivity contribution < 1.29 is 5.11 Å². The molecular formula is C16H23N3O. The Hall–Kier alpha value is -1.41. The SMILES string of the molecule is C[C@H]1CN(CCC#N)CCN1C[C@@H](O)c1ccccc1. The lowest BCUT2D eigenvalue weighted by molar-refractivity contribution is 0.0396. The number of hydrogen-bond acceptors (Lipinski definition) is 4. The normalized spacial score (nSPS) is 22.4. The summed E-state index contributed by atoms with van der Waals surface area (Å²) >= 11 is 0. The molecule has 0 amide bonds. The Morgan fingerprint density at radius 2 is 2.10 bits per heavy atom. The van der Waals surface area contributed by atoms with E-state index in [9.17, 15) is 5.11 Å².